The smallest absolute Gasteiger partial charge is 0.270 e. The summed E-state index contributed by atoms with van der Waals surface area (Å²) in [6.07, 6.45) is 0. The molecule has 0 aliphatic carbocycles. The molecule has 3 rings (SSSR count). The summed E-state index contributed by atoms with van der Waals surface area (Å²) in [6, 6.07) is 9.07. The predicted molar refractivity (Wildman–Crippen MR) is 80.8 cm³/mol. The monoisotopic (exact) mass is 298 g/mol. The van der Waals surface area contributed by atoms with Crippen LogP contribution >= 0.6 is 11.3 Å². The Bertz CT molecular complexity index is 917. The van der Waals surface area contributed by atoms with Crippen LogP contribution in [0.4, 0.5) is 0 Å². The lowest BCUT2D eigenvalue weighted by Crippen LogP contribution is -2.09. The first-order valence-electron chi connectivity index (χ1n) is 6.06. The normalized spacial score (nSPS) is 10.5. The summed E-state index contributed by atoms with van der Waals surface area (Å²) in [6.45, 7) is 0. The van der Waals surface area contributed by atoms with Gasteiger partial charge in [0.15, 0.2) is 5.56 Å². The molecule has 6 heteroatoms. The number of nitriles is 1. The summed E-state index contributed by atoms with van der Waals surface area (Å²) in [5.41, 5.74) is 0.789. The van der Waals surface area contributed by atoms with E-state index in [1.54, 1.807) is 13.2 Å². The zero-order valence-electron chi connectivity index (χ0n) is 11.0. The average molecular weight is 298 g/mol. The number of fused-ring (bicyclic) bond motifs is 1. The second kappa shape index (κ2) is 4.96. The van der Waals surface area contributed by atoms with Crippen molar-refractivity contribution in [3.05, 3.63) is 45.6 Å². The Kier molecular flexibility index (Phi) is 3.12. The Balaban J connectivity index is 2.29. The second-order valence-electron chi connectivity index (χ2n) is 4.37. The van der Waals surface area contributed by atoms with E-state index in [0.717, 1.165) is 16.9 Å². The van der Waals surface area contributed by atoms with Crippen molar-refractivity contribution in [2.75, 3.05) is 7.11 Å². The molecule has 0 atom stereocenters. The number of aromatic hydroxyl groups is 1. The average Bonchev–Trinajstić information content (AvgIpc) is 2.91. The lowest BCUT2D eigenvalue weighted by atomic mass is 10.0. The van der Waals surface area contributed by atoms with Crippen LogP contribution in [0.25, 0.3) is 21.3 Å². The van der Waals surface area contributed by atoms with Gasteiger partial charge in [-0.15, -0.1) is 11.3 Å². The van der Waals surface area contributed by atoms with E-state index < -0.39 is 5.56 Å². The van der Waals surface area contributed by atoms with Crippen LogP contribution in [0.15, 0.2) is 34.4 Å². The minimum Gasteiger partial charge on any atom is -0.506 e. The van der Waals surface area contributed by atoms with Crippen molar-refractivity contribution in [3.8, 4) is 28.7 Å². The Morgan fingerprint density at radius 3 is 2.67 bits per heavy atom. The Morgan fingerprint density at radius 1 is 1.33 bits per heavy atom. The van der Waals surface area contributed by atoms with Crippen LogP contribution < -0.4 is 10.3 Å². The molecule has 0 fully saturated rings. The molecule has 0 bridgehead atoms. The van der Waals surface area contributed by atoms with Gasteiger partial charge in [-0.1, -0.05) is 12.1 Å². The summed E-state index contributed by atoms with van der Waals surface area (Å²) >= 11 is 1.31. The highest BCUT2D eigenvalue weighted by Crippen LogP contribution is 2.38. The number of benzene rings is 1. The number of rotatable bonds is 2. The van der Waals surface area contributed by atoms with Crippen LogP contribution in [0.3, 0.4) is 0 Å². The van der Waals surface area contributed by atoms with Gasteiger partial charge < -0.3 is 14.8 Å². The number of aromatic nitrogens is 1. The molecular formula is C15H10N2O3S. The number of methoxy groups -OCH3 is 1. The van der Waals surface area contributed by atoms with Gasteiger partial charge in [0.1, 0.15) is 22.4 Å². The van der Waals surface area contributed by atoms with Gasteiger partial charge in [0.2, 0.25) is 0 Å². The summed E-state index contributed by atoms with van der Waals surface area (Å²) in [5, 5.41) is 21.5. The van der Waals surface area contributed by atoms with Crippen molar-refractivity contribution in [1.29, 1.82) is 5.26 Å². The largest absolute Gasteiger partial charge is 0.506 e. The van der Waals surface area contributed by atoms with Gasteiger partial charge in [-0.05, 0) is 17.7 Å². The molecule has 104 valence electrons. The first-order valence-corrected chi connectivity index (χ1v) is 6.94. The van der Waals surface area contributed by atoms with Gasteiger partial charge in [0.25, 0.3) is 5.56 Å². The maximum absolute atomic E-state index is 11.7. The van der Waals surface area contributed by atoms with Crippen LogP contribution in [0.5, 0.6) is 11.5 Å². The number of nitrogens with zero attached hydrogens (tertiary/aromatic N) is 1. The van der Waals surface area contributed by atoms with Gasteiger partial charge >= 0.3 is 0 Å². The molecule has 0 unspecified atom stereocenters. The van der Waals surface area contributed by atoms with Crippen molar-refractivity contribution < 1.29 is 9.84 Å². The zero-order valence-corrected chi connectivity index (χ0v) is 11.8. The van der Waals surface area contributed by atoms with Crippen molar-refractivity contribution >= 4 is 21.6 Å². The van der Waals surface area contributed by atoms with E-state index in [2.05, 4.69) is 4.98 Å². The van der Waals surface area contributed by atoms with Crippen molar-refractivity contribution in [2.45, 2.75) is 0 Å². The molecule has 0 aliphatic heterocycles. The Morgan fingerprint density at radius 2 is 2.05 bits per heavy atom. The molecule has 2 aromatic heterocycles. The molecule has 0 aliphatic rings. The number of ether oxygens (including phenoxy) is 1. The fourth-order valence-electron chi connectivity index (χ4n) is 2.17. The fourth-order valence-corrected chi connectivity index (χ4v) is 3.14. The third-order valence-corrected chi connectivity index (χ3v) is 4.13. The van der Waals surface area contributed by atoms with E-state index in [9.17, 15) is 9.90 Å². The summed E-state index contributed by atoms with van der Waals surface area (Å²) < 4.78 is 5.11. The number of H-pyrrole nitrogens is 1. The maximum atomic E-state index is 11.7. The summed E-state index contributed by atoms with van der Waals surface area (Å²) in [7, 11) is 1.59. The molecule has 0 amide bonds. The Labute approximate surface area is 123 Å². The standard InChI is InChI=1S/C15H10N2O3S/c1-20-9-4-2-8(3-5-9)11-7-21-15-12(11)13(18)10(6-16)14(19)17-15/h2-5,7H,1H3,(H2,17,18,19). The fraction of sp³-hybridized carbons (Fsp3) is 0.0667. The van der Waals surface area contributed by atoms with E-state index >= 15 is 0 Å². The number of thiophene rings is 1. The SMILES string of the molecule is COc1ccc(-c2csc3[nH]c(=O)c(C#N)c(O)c23)cc1. The van der Waals surface area contributed by atoms with E-state index in [0.29, 0.717) is 10.2 Å². The van der Waals surface area contributed by atoms with Gasteiger partial charge in [0.05, 0.1) is 12.5 Å². The molecule has 0 spiro atoms. The quantitative estimate of drug-likeness (QED) is 0.761. The van der Waals surface area contributed by atoms with Gasteiger partial charge in [-0.2, -0.15) is 5.26 Å². The number of pyridine rings is 1. The van der Waals surface area contributed by atoms with Crippen molar-refractivity contribution in [1.82, 2.24) is 4.98 Å². The molecule has 5 nitrogen and oxygen atoms in total. The van der Waals surface area contributed by atoms with E-state index in [-0.39, 0.29) is 11.3 Å². The molecule has 1 aromatic carbocycles. The number of nitrogens with one attached hydrogen (secondary N) is 1. The highest BCUT2D eigenvalue weighted by molar-refractivity contribution is 7.17. The van der Waals surface area contributed by atoms with Gasteiger partial charge in [-0.3, -0.25) is 4.79 Å². The summed E-state index contributed by atoms with van der Waals surface area (Å²) in [5.74, 6) is 0.456. The second-order valence-corrected chi connectivity index (χ2v) is 5.25. The minimum absolute atomic E-state index is 0.268. The van der Waals surface area contributed by atoms with E-state index in [1.165, 1.54) is 11.3 Å². The molecule has 0 saturated carbocycles. The highest BCUT2D eigenvalue weighted by atomic mass is 32.1. The third kappa shape index (κ3) is 2.04. The van der Waals surface area contributed by atoms with Crippen LogP contribution in [0.1, 0.15) is 5.56 Å². The number of hydrogen-bond acceptors (Lipinski definition) is 5. The highest BCUT2D eigenvalue weighted by Gasteiger charge is 2.17. The minimum atomic E-state index is -0.578. The molecule has 2 heterocycles. The lowest BCUT2D eigenvalue weighted by molar-refractivity contribution is 0.415. The number of aromatic amines is 1. The van der Waals surface area contributed by atoms with Crippen LogP contribution in [0, 0.1) is 11.3 Å². The Hall–Kier alpha value is -2.78. The molecule has 2 N–H and O–H groups in total. The van der Waals surface area contributed by atoms with Crippen molar-refractivity contribution in [2.24, 2.45) is 0 Å². The lowest BCUT2D eigenvalue weighted by Gasteiger charge is -2.04. The van der Waals surface area contributed by atoms with Gasteiger partial charge in [0, 0.05) is 10.9 Å². The zero-order chi connectivity index (χ0) is 15.0. The molecule has 0 radical (unpaired) electrons. The van der Waals surface area contributed by atoms with Crippen LogP contribution in [-0.4, -0.2) is 17.2 Å². The van der Waals surface area contributed by atoms with Crippen molar-refractivity contribution in [3.63, 3.8) is 0 Å². The molecule has 3 aromatic rings. The van der Waals surface area contributed by atoms with Crippen LogP contribution in [0.2, 0.25) is 0 Å². The first-order chi connectivity index (χ1) is 10.2. The maximum Gasteiger partial charge on any atom is 0.270 e. The van der Waals surface area contributed by atoms with E-state index in [1.807, 2.05) is 29.6 Å². The molecule has 21 heavy (non-hydrogen) atoms. The summed E-state index contributed by atoms with van der Waals surface area (Å²) in [4.78, 5) is 14.8. The first kappa shape index (κ1) is 13.2. The predicted octanol–water partition coefficient (Wildman–Crippen LogP) is 2.84. The van der Waals surface area contributed by atoms with Crippen LogP contribution in [-0.2, 0) is 0 Å². The van der Waals surface area contributed by atoms with Gasteiger partial charge in [-0.25, -0.2) is 0 Å². The van der Waals surface area contributed by atoms with E-state index in [4.69, 9.17) is 10.00 Å². The topological polar surface area (TPSA) is 86.1 Å². The molecular weight excluding hydrogens is 288 g/mol. The number of hydrogen-bond donors (Lipinski definition) is 2. The third-order valence-electron chi connectivity index (χ3n) is 3.23. The molecule has 0 saturated heterocycles.